The summed E-state index contributed by atoms with van der Waals surface area (Å²) in [6.45, 7) is 4.00. The van der Waals surface area contributed by atoms with Crippen molar-refractivity contribution in [1.29, 1.82) is 0 Å². The second kappa shape index (κ2) is 9.40. The van der Waals surface area contributed by atoms with Gasteiger partial charge in [0, 0.05) is 23.0 Å². The van der Waals surface area contributed by atoms with E-state index in [1.54, 1.807) is 30.8 Å². The predicted octanol–water partition coefficient (Wildman–Crippen LogP) is 6.79. The monoisotopic (exact) mass is 430 g/mol. The predicted molar refractivity (Wildman–Crippen MR) is 126 cm³/mol. The molecule has 3 aromatic heterocycles. The molecule has 0 unspecified atom stereocenters. The molecule has 0 bridgehead atoms. The first-order valence-electron chi connectivity index (χ1n) is 9.94. The van der Waals surface area contributed by atoms with Gasteiger partial charge >= 0.3 is 0 Å². The molecule has 0 saturated carbocycles. The van der Waals surface area contributed by atoms with Crippen LogP contribution in [0.3, 0.4) is 0 Å². The zero-order valence-corrected chi connectivity index (χ0v) is 18.3. The number of aromatic nitrogens is 3. The fraction of sp³-hybridized carbons (Fsp3) is 0.125. The fourth-order valence-corrected chi connectivity index (χ4v) is 4.00. The van der Waals surface area contributed by atoms with Crippen LogP contribution in [0.15, 0.2) is 77.9 Å². The lowest BCUT2D eigenvalue weighted by Crippen LogP contribution is -1.89. The second-order valence-corrected chi connectivity index (χ2v) is 7.42. The Morgan fingerprint density at radius 3 is 2.61 bits per heavy atom. The van der Waals surface area contributed by atoms with Gasteiger partial charge in [0.2, 0.25) is 0 Å². The third kappa shape index (κ3) is 4.57. The molecule has 7 heteroatoms. The summed E-state index contributed by atoms with van der Waals surface area (Å²) in [5.74, 6) is 1.47. The minimum absolute atomic E-state index is 0.731. The van der Waals surface area contributed by atoms with E-state index < -0.39 is 0 Å². The van der Waals surface area contributed by atoms with Crippen molar-refractivity contribution in [3.8, 4) is 28.2 Å². The van der Waals surface area contributed by atoms with Crippen LogP contribution in [0.5, 0.6) is 5.75 Å². The van der Waals surface area contributed by atoms with Gasteiger partial charge in [-0.05, 0) is 35.9 Å². The molecular weight excluding hydrogens is 408 g/mol. The number of nitrogens with one attached hydrogen (secondary N) is 1. The Kier molecular flexibility index (Phi) is 6.24. The fourth-order valence-electron chi connectivity index (χ4n) is 3.08. The van der Waals surface area contributed by atoms with E-state index in [-0.39, 0.29) is 0 Å². The Balaban J connectivity index is 0.00000112. The number of hydrogen-bond acceptors (Lipinski definition) is 7. The van der Waals surface area contributed by atoms with Crippen LogP contribution in [-0.2, 0) is 0 Å². The van der Waals surface area contributed by atoms with Gasteiger partial charge in [-0.15, -0.1) is 0 Å². The molecule has 0 atom stereocenters. The van der Waals surface area contributed by atoms with E-state index in [9.17, 15) is 0 Å². The second-order valence-electron chi connectivity index (χ2n) is 6.39. The lowest BCUT2D eigenvalue weighted by molar-refractivity contribution is 0.413. The molecule has 0 saturated heterocycles. The number of fused-ring (bicyclic) bond motifs is 1. The number of ether oxygens (including phenoxy) is 1. The molecule has 5 rings (SSSR count). The largest absolute Gasteiger partial charge is 0.495 e. The first-order chi connectivity index (χ1) is 15.3. The van der Waals surface area contributed by atoms with Crippen molar-refractivity contribution in [2.45, 2.75) is 13.8 Å². The maximum atomic E-state index is 5.38. The Hall–Kier alpha value is -3.71. The van der Waals surface area contributed by atoms with Crippen LogP contribution in [-0.4, -0.2) is 22.1 Å². The molecule has 0 aliphatic heterocycles. The molecule has 0 aliphatic rings. The van der Waals surface area contributed by atoms with E-state index in [2.05, 4.69) is 21.4 Å². The van der Waals surface area contributed by atoms with E-state index in [0.717, 1.165) is 49.2 Å². The standard InChI is InChI=1S/C22H16N4O2S.C2H6/c1-27-18-8-16(10-23-11-18)14-5-6-19-21(9-14)29-22(26-19)25-17-4-2-3-15(7-17)20-12-24-13-28-20;1-2/h2-13H,1H3,(H,25,26);1-2H3. The number of oxazole rings is 1. The molecule has 0 amide bonds. The zero-order chi connectivity index (χ0) is 21.6. The summed E-state index contributed by atoms with van der Waals surface area (Å²) in [7, 11) is 1.64. The van der Waals surface area contributed by atoms with E-state index in [1.165, 1.54) is 6.39 Å². The van der Waals surface area contributed by atoms with E-state index in [0.29, 0.717) is 0 Å². The molecule has 6 nitrogen and oxygen atoms in total. The van der Waals surface area contributed by atoms with Gasteiger partial charge in [-0.2, -0.15) is 0 Å². The lowest BCUT2D eigenvalue weighted by Gasteiger charge is -2.04. The Bertz CT molecular complexity index is 1280. The van der Waals surface area contributed by atoms with Crippen molar-refractivity contribution in [1.82, 2.24) is 15.0 Å². The molecule has 0 fully saturated rings. The highest BCUT2D eigenvalue weighted by atomic mass is 32.1. The smallest absolute Gasteiger partial charge is 0.188 e. The summed E-state index contributed by atoms with van der Waals surface area (Å²) in [5, 5.41) is 4.22. The number of benzene rings is 2. The summed E-state index contributed by atoms with van der Waals surface area (Å²) in [4.78, 5) is 12.9. The van der Waals surface area contributed by atoms with E-state index >= 15 is 0 Å². The quantitative estimate of drug-likeness (QED) is 0.331. The maximum Gasteiger partial charge on any atom is 0.188 e. The van der Waals surface area contributed by atoms with Crippen molar-refractivity contribution in [2.24, 2.45) is 0 Å². The molecule has 156 valence electrons. The number of rotatable bonds is 5. The van der Waals surface area contributed by atoms with Gasteiger partial charge in [0.1, 0.15) is 5.75 Å². The van der Waals surface area contributed by atoms with E-state index in [1.807, 2.05) is 62.5 Å². The summed E-state index contributed by atoms with van der Waals surface area (Å²) in [6, 6.07) is 16.1. The Morgan fingerprint density at radius 2 is 1.81 bits per heavy atom. The summed E-state index contributed by atoms with van der Waals surface area (Å²) >= 11 is 1.60. The van der Waals surface area contributed by atoms with Crippen molar-refractivity contribution < 1.29 is 9.15 Å². The average molecular weight is 431 g/mol. The zero-order valence-electron chi connectivity index (χ0n) is 17.5. The SMILES string of the molecule is CC.COc1cncc(-c2ccc3nc(Nc4cccc(-c5cnco5)c4)sc3c2)c1. The molecule has 31 heavy (non-hydrogen) atoms. The lowest BCUT2D eigenvalue weighted by atomic mass is 10.1. The summed E-state index contributed by atoms with van der Waals surface area (Å²) < 4.78 is 11.8. The van der Waals surface area contributed by atoms with Gasteiger partial charge in [0.25, 0.3) is 0 Å². The van der Waals surface area contributed by atoms with E-state index in [4.69, 9.17) is 14.1 Å². The Labute approximate surface area is 184 Å². The number of nitrogens with zero attached hydrogens (tertiary/aromatic N) is 3. The van der Waals surface area contributed by atoms with Gasteiger partial charge in [0.15, 0.2) is 17.3 Å². The molecule has 5 aromatic rings. The maximum absolute atomic E-state index is 5.38. The van der Waals surface area contributed by atoms with Gasteiger partial charge in [-0.3, -0.25) is 4.98 Å². The third-order valence-corrected chi connectivity index (χ3v) is 5.43. The molecule has 0 aliphatic carbocycles. The van der Waals surface area contributed by atoms with Crippen molar-refractivity contribution in [2.75, 3.05) is 12.4 Å². The number of hydrogen-bond donors (Lipinski definition) is 1. The van der Waals surface area contributed by atoms with Crippen LogP contribution in [0.1, 0.15) is 13.8 Å². The number of methoxy groups -OCH3 is 1. The number of anilines is 2. The van der Waals surface area contributed by atoms with Crippen molar-refractivity contribution in [3.63, 3.8) is 0 Å². The first kappa shape index (κ1) is 20.6. The molecule has 2 aromatic carbocycles. The molecule has 0 spiro atoms. The normalized spacial score (nSPS) is 10.4. The highest BCUT2D eigenvalue weighted by Crippen LogP contribution is 2.33. The van der Waals surface area contributed by atoms with Crippen molar-refractivity contribution >= 4 is 32.4 Å². The minimum atomic E-state index is 0.731. The van der Waals surface area contributed by atoms with Crippen molar-refractivity contribution in [3.05, 3.63) is 73.5 Å². The highest BCUT2D eigenvalue weighted by molar-refractivity contribution is 7.22. The third-order valence-electron chi connectivity index (χ3n) is 4.50. The number of thiazole rings is 1. The van der Waals surface area contributed by atoms with Crippen LogP contribution in [0.4, 0.5) is 10.8 Å². The first-order valence-corrected chi connectivity index (χ1v) is 10.8. The van der Waals surface area contributed by atoms with Crippen LogP contribution < -0.4 is 10.1 Å². The molecule has 1 N–H and O–H groups in total. The molecule has 0 radical (unpaired) electrons. The summed E-state index contributed by atoms with van der Waals surface area (Å²) in [6.07, 6.45) is 6.66. The van der Waals surface area contributed by atoms with Gasteiger partial charge in [-0.25, -0.2) is 9.97 Å². The highest BCUT2D eigenvalue weighted by Gasteiger charge is 2.09. The van der Waals surface area contributed by atoms with Gasteiger partial charge in [-0.1, -0.05) is 43.4 Å². The summed E-state index contributed by atoms with van der Waals surface area (Å²) in [5.41, 5.74) is 4.93. The van der Waals surface area contributed by atoms with Gasteiger partial charge < -0.3 is 14.5 Å². The van der Waals surface area contributed by atoms with Crippen LogP contribution in [0.2, 0.25) is 0 Å². The number of pyridine rings is 1. The van der Waals surface area contributed by atoms with Crippen LogP contribution in [0, 0.1) is 0 Å². The van der Waals surface area contributed by atoms with Crippen LogP contribution >= 0.6 is 11.3 Å². The molecular formula is C24H22N4O2S. The average Bonchev–Trinajstić information content (AvgIpc) is 3.50. The molecule has 3 heterocycles. The van der Waals surface area contributed by atoms with Gasteiger partial charge in [0.05, 0.1) is 29.7 Å². The topological polar surface area (TPSA) is 73.1 Å². The van der Waals surface area contributed by atoms with Crippen LogP contribution in [0.25, 0.3) is 32.7 Å². The Morgan fingerprint density at radius 1 is 0.903 bits per heavy atom. The minimum Gasteiger partial charge on any atom is -0.495 e.